The summed E-state index contributed by atoms with van der Waals surface area (Å²) in [5.41, 5.74) is 4.88. The second kappa shape index (κ2) is 7.72. The first kappa shape index (κ1) is 18.2. The van der Waals surface area contributed by atoms with Crippen molar-refractivity contribution in [2.75, 3.05) is 5.32 Å². The summed E-state index contributed by atoms with van der Waals surface area (Å²) >= 11 is 6.06. The summed E-state index contributed by atoms with van der Waals surface area (Å²) in [5.74, 6) is 0.732. The van der Waals surface area contributed by atoms with Crippen LogP contribution in [0, 0.1) is 0 Å². The van der Waals surface area contributed by atoms with Crippen LogP contribution in [0.5, 0.6) is 0 Å². The second-order valence-electron chi connectivity index (χ2n) is 5.87. The van der Waals surface area contributed by atoms with E-state index in [2.05, 4.69) is 32.4 Å². The quantitative estimate of drug-likeness (QED) is 0.502. The standard InChI is InChI=1S/C19H16ClN5.ClH/c1-12(13-3-2-4-16(20)7-13)24-19-11-21-18-8-14(5-6-17(18)25-19)15-9-22-23-10-15;/h2-12H,1H3,(H,22,23)(H,24,25);1H/t12-;/m1./s1. The summed E-state index contributed by atoms with van der Waals surface area (Å²) < 4.78 is 0. The van der Waals surface area contributed by atoms with Gasteiger partial charge in [0.1, 0.15) is 5.82 Å². The number of nitrogens with zero attached hydrogens (tertiary/aromatic N) is 3. The maximum absolute atomic E-state index is 6.06. The molecule has 0 fully saturated rings. The predicted molar refractivity (Wildman–Crippen MR) is 108 cm³/mol. The van der Waals surface area contributed by atoms with Crippen molar-refractivity contribution in [2.24, 2.45) is 0 Å². The van der Waals surface area contributed by atoms with E-state index in [1.807, 2.05) is 48.7 Å². The summed E-state index contributed by atoms with van der Waals surface area (Å²) in [5, 5.41) is 10.9. The molecule has 132 valence electrons. The third kappa shape index (κ3) is 3.79. The van der Waals surface area contributed by atoms with Crippen LogP contribution in [0.1, 0.15) is 18.5 Å². The van der Waals surface area contributed by atoms with E-state index in [9.17, 15) is 0 Å². The van der Waals surface area contributed by atoms with E-state index in [0.29, 0.717) is 0 Å². The molecule has 7 heteroatoms. The van der Waals surface area contributed by atoms with Crippen LogP contribution >= 0.6 is 24.0 Å². The van der Waals surface area contributed by atoms with Crippen molar-refractivity contribution in [1.82, 2.24) is 20.2 Å². The van der Waals surface area contributed by atoms with E-state index in [1.165, 1.54) is 0 Å². The molecule has 5 nitrogen and oxygen atoms in total. The minimum absolute atomic E-state index is 0. The van der Waals surface area contributed by atoms with Crippen LogP contribution in [0.2, 0.25) is 5.02 Å². The van der Waals surface area contributed by atoms with Crippen molar-refractivity contribution < 1.29 is 0 Å². The van der Waals surface area contributed by atoms with Gasteiger partial charge in [-0.3, -0.25) is 10.1 Å². The lowest BCUT2D eigenvalue weighted by Gasteiger charge is -2.15. The molecule has 0 aliphatic rings. The highest BCUT2D eigenvalue weighted by Crippen LogP contribution is 2.24. The van der Waals surface area contributed by atoms with Crippen molar-refractivity contribution in [1.29, 1.82) is 0 Å². The molecule has 0 unspecified atom stereocenters. The van der Waals surface area contributed by atoms with E-state index >= 15 is 0 Å². The maximum Gasteiger partial charge on any atom is 0.145 e. The highest BCUT2D eigenvalue weighted by atomic mass is 35.5. The highest BCUT2D eigenvalue weighted by Gasteiger charge is 2.08. The molecule has 0 saturated carbocycles. The molecule has 26 heavy (non-hydrogen) atoms. The molecule has 2 heterocycles. The minimum Gasteiger partial charge on any atom is -0.362 e. The number of nitrogens with one attached hydrogen (secondary N) is 2. The van der Waals surface area contributed by atoms with Crippen LogP contribution in [0.15, 0.2) is 61.1 Å². The number of fused-ring (bicyclic) bond motifs is 1. The summed E-state index contributed by atoms with van der Waals surface area (Å²) in [6.45, 7) is 2.07. The van der Waals surface area contributed by atoms with Crippen LogP contribution in [0.3, 0.4) is 0 Å². The van der Waals surface area contributed by atoms with Gasteiger partial charge in [0.2, 0.25) is 0 Å². The Hall–Kier alpha value is -2.63. The van der Waals surface area contributed by atoms with Crippen LogP contribution in [0.25, 0.3) is 22.2 Å². The molecule has 0 spiro atoms. The Balaban J connectivity index is 0.00000196. The molecule has 4 aromatic rings. The van der Waals surface area contributed by atoms with Gasteiger partial charge in [0.05, 0.1) is 29.5 Å². The smallest absolute Gasteiger partial charge is 0.145 e. The predicted octanol–water partition coefficient (Wildman–Crippen LogP) is 5.27. The third-order valence-electron chi connectivity index (χ3n) is 4.09. The van der Waals surface area contributed by atoms with Crippen molar-refractivity contribution in [3.63, 3.8) is 0 Å². The first-order valence-electron chi connectivity index (χ1n) is 7.97. The van der Waals surface area contributed by atoms with Gasteiger partial charge in [0.15, 0.2) is 0 Å². The molecule has 0 radical (unpaired) electrons. The number of aromatic amines is 1. The van der Waals surface area contributed by atoms with Crippen LogP contribution in [-0.4, -0.2) is 20.2 Å². The van der Waals surface area contributed by atoms with Crippen LogP contribution in [-0.2, 0) is 0 Å². The highest BCUT2D eigenvalue weighted by molar-refractivity contribution is 6.30. The van der Waals surface area contributed by atoms with Crippen LogP contribution in [0.4, 0.5) is 5.82 Å². The van der Waals surface area contributed by atoms with Gasteiger partial charge < -0.3 is 5.32 Å². The van der Waals surface area contributed by atoms with Gasteiger partial charge in [-0.05, 0) is 42.3 Å². The molecule has 1 atom stereocenters. The largest absolute Gasteiger partial charge is 0.362 e. The first-order chi connectivity index (χ1) is 12.2. The number of hydrogen-bond acceptors (Lipinski definition) is 4. The van der Waals surface area contributed by atoms with Crippen LogP contribution < -0.4 is 5.32 Å². The maximum atomic E-state index is 6.06. The Bertz CT molecular complexity index is 1020. The summed E-state index contributed by atoms with van der Waals surface area (Å²) in [6, 6.07) is 13.9. The van der Waals surface area contributed by atoms with E-state index in [0.717, 1.165) is 38.6 Å². The zero-order chi connectivity index (χ0) is 17.2. The van der Waals surface area contributed by atoms with E-state index in [4.69, 9.17) is 11.6 Å². The zero-order valence-corrected chi connectivity index (χ0v) is 15.6. The summed E-state index contributed by atoms with van der Waals surface area (Å²) in [7, 11) is 0. The Labute approximate surface area is 162 Å². The third-order valence-corrected chi connectivity index (χ3v) is 4.32. The fourth-order valence-corrected chi connectivity index (χ4v) is 2.95. The van der Waals surface area contributed by atoms with Gasteiger partial charge in [0.25, 0.3) is 0 Å². The van der Waals surface area contributed by atoms with Gasteiger partial charge in [-0.15, -0.1) is 12.4 Å². The molecule has 0 saturated heterocycles. The Morgan fingerprint density at radius 1 is 1.04 bits per heavy atom. The first-order valence-corrected chi connectivity index (χ1v) is 8.35. The molecule has 2 aromatic heterocycles. The summed E-state index contributed by atoms with van der Waals surface area (Å²) in [4.78, 5) is 9.19. The Kier molecular flexibility index (Phi) is 5.40. The average Bonchev–Trinajstić information content (AvgIpc) is 3.16. The fourth-order valence-electron chi connectivity index (χ4n) is 2.75. The molecule has 0 bridgehead atoms. The lowest BCUT2D eigenvalue weighted by molar-refractivity contribution is 0.874. The lowest BCUT2D eigenvalue weighted by atomic mass is 10.1. The number of anilines is 1. The molecule has 2 N–H and O–H groups in total. The van der Waals surface area contributed by atoms with Crippen molar-refractivity contribution in [3.05, 3.63) is 71.6 Å². The fraction of sp³-hybridized carbons (Fsp3) is 0.105. The second-order valence-corrected chi connectivity index (χ2v) is 6.30. The number of benzene rings is 2. The molecule has 4 rings (SSSR count). The Morgan fingerprint density at radius 2 is 1.92 bits per heavy atom. The van der Waals surface area contributed by atoms with Gasteiger partial charge in [-0.1, -0.05) is 29.8 Å². The average molecular weight is 386 g/mol. The lowest BCUT2D eigenvalue weighted by Crippen LogP contribution is -2.08. The van der Waals surface area contributed by atoms with Crippen molar-refractivity contribution in [2.45, 2.75) is 13.0 Å². The van der Waals surface area contributed by atoms with Crippen molar-refractivity contribution >= 4 is 40.9 Å². The molecular formula is C19H17Cl2N5. The number of rotatable bonds is 4. The number of hydrogen-bond donors (Lipinski definition) is 2. The molecule has 2 aromatic carbocycles. The zero-order valence-electron chi connectivity index (χ0n) is 14.0. The van der Waals surface area contributed by atoms with Gasteiger partial charge in [0, 0.05) is 16.8 Å². The van der Waals surface area contributed by atoms with E-state index in [-0.39, 0.29) is 18.4 Å². The van der Waals surface area contributed by atoms with E-state index in [1.54, 1.807) is 12.4 Å². The number of halogens is 2. The number of H-pyrrole nitrogens is 1. The Morgan fingerprint density at radius 3 is 2.69 bits per heavy atom. The topological polar surface area (TPSA) is 66.5 Å². The van der Waals surface area contributed by atoms with Gasteiger partial charge in [-0.25, -0.2) is 4.98 Å². The minimum atomic E-state index is 0. The summed E-state index contributed by atoms with van der Waals surface area (Å²) in [6.07, 6.45) is 5.40. The molecule has 0 aliphatic carbocycles. The van der Waals surface area contributed by atoms with Gasteiger partial charge >= 0.3 is 0 Å². The van der Waals surface area contributed by atoms with Gasteiger partial charge in [-0.2, -0.15) is 5.10 Å². The van der Waals surface area contributed by atoms with E-state index < -0.39 is 0 Å². The SMILES string of the molecule is C[C@@H](Nc1cnc2cc(-c3cn[nH]c3)ccc2n1)c1cccc(Cl)c1.Cl. The molecule has 0 amide bonds. The molecule has 0 aliphatic heterocycles. The molecular weight excluding hydrogens is 369 g/mol. The normalized spacial score (nSPS) is 11.8. The monoisotopic (exact) mass is 385 g/mol. The van der Waals surface area contributed by atoms with Crippen molar-refractivity contribution in [3.8, 4) is 11.1 Å². The number of aromatic nitrogens is 4.